The molecule has 2 N–H and O–H groups in total. The minimum Gasteiger partial charge on any atom is -0.348 e. The Bertz CT molecular complexity index is 700. The fourth-order valence-corrected chi connectivity index (χ4v) is 4.70. The Kier molecular flexibility index (Phi) is 4.14. The molecular weight excluding hydrogens is 328 g/mol. The van der Waals surface area contributed by atoms with Gasteiger partial charge in [-0.15, -0.1) is 11.3 Å². The van der Waals surface area contributed by atoms with E-state index in [-0.39, 0.29) is 5.91 Å². The molecule has 2 fully saturated rings. The maximum absolute atomic E-state index is 12.5. The molecule has 23 heavy (non-hydrogen) atoms. The van der Waals surface area contributed by atoms with Gasteiger partial charge in [0.25, 0.3) is 5.91 Å². The summed E-state index contributed by atoms with van der Waals surface area (Å²) in [7, 11) is 0. The van der Waals surface area contributed by atoms with E-state index in [1.807, 2.05) is 36.4 Å². The van der Waals surface area contributed by atoms with E-state index < -0.39 is 0 Å². The fraction of sp³-hybridized carbons (Fsp3) is 0.389. The van der Waals surface area contributed by atoms with Crippen LogP contribution in [0.15, 0.2) is 36.4 Å². The predicted octanol–water partition coefficient (Wildman–Crippen LogP) is 4.08. The zero-order valence-corrected chi connectivity index (χ0v) is 14.3. The summed E-state index contributed by atoms with van der Waals surface area (Å²) in [6.07, 6.45) is 4.60. The fourth-order valence-electron chi connectivity index (χ4n) is 3.66. The Balaban J connectivity index is 1.44. The van der Waals surface area contributed by atoms with Gasteiger partial charge in [-0.05, 0) is 55.5 Å². The number of hydrogen-bond donors (Lipinski definition) is 2. The summed E-state index contributed by atoms with van der Waals surface area (Å²) in [5.74, 6) is 0.0570. The smallest absolute Gasteiger partial charge is 0.261 e. The standard InChI is InChI=1S/C18H19ClN2OS/c19-12-3-1-11(2-4-12)16-7-8-17(23-16)18(22)21-15-9-13-5-6-14(10-15)20-13/h1-4,7-8,13-15,20H,5-6,9-10H2,(H,21,22). The summed E-state index contributed by atoms with van der Waals surface area (Å²) in [4.78, 5) is 14.4. The monoisotopic (exact) mass is 346 g/mol. The van der Waals surface area contributed by atoms with Gasteiger partial charge in [0, 0.05) is 28.0 Å². The highest BCUT2D eigenvalue weighted by molar-refractivity contribution is 7.17. The van der Waals surface area contributed by atoms with E-state index >= 15 is 0 Å². The topological polar surface area (TPSA) is 41.1 Å². The number of thiophene rings is 1. The first-order valence-corrected chi connectivity index (χ1v) is 9.29. The zero-order valence-electron chi connectivity index (χ0n) is 12.7. The molecule has 5 heteroatoms. The maximum atomic E-state index is 12.5. The van der Waals surface area contributed by atoms with Gasteiger partial charge in [0.05, 0.1) is 4.88 Å². The number of halogens is 1. The van der Waals surface area contributed by atoms with E-state index in [1.54, 1.807) is 0 Å². The Morgan fingerprint density at radius 1 is 1.09 bits per heavy atom. The summed E-state index contributed by atoms with van der Waals surface area (Å²) in [6.45, 7) is 0. The molecule has 2 aromatic rings. The Labute approximate surface area is 145 Å². The molecule has 3 heterocycles. The van der Waals surface area contributed by atoms with Crippen LogP contribution in [-0.2, 0) is 0 Å². The number of benzene rings is 1. The molecule has 3 nitrogen and oxygen atoms in total. The largest absolute Gasteiger partial charge is 0.348 e. The molecule has 2 bridgehead atoms. The quantitative estimate of drug-likeness (QED) is 0.879. The van der Waals surface area contributed by atoms with Crippen LogP contribution < -0.4 is 10.6 Å². The molecule has 1 aromatic carbocycles. The van der Waals surface area contributed by atoms with Crippen LogP contribution in [0.3, 0.4) is 0 Å². The molecule has 2 unspecified atom stereocenters. The van der Waals surface area contributed by atoms with E-state index in [4.69, 9.17) is 11.6 Å². The molecule has 2 saturated heterocycles. The summed E-state index contributed by atoms with van der Waals surface area (Å²) in [5.41, 5.74) is 1.10. The average molecular weight is 347 g/mol. The Morgan fingerprint density at radius 2 is 1.78 bits per heavy atom. The highest BCUT2D eigenvalue weighted by Crippen LogP contribution is 2.30. The molecule has 2 aliphatic rings. The van der Waals surface area contributed by atoms with Gasteiger partial charge in [0.2, 0.25) is 0 Å². The number of amides is 1. The zero-order chi connectivity index (χ0) is 15.8. The second-order valence-electron chi connectivity index (χ2n) is 6.45. The number of piperidine rings is 1. The van der Waals surface area contributed by atoms with Crippen LogP contribution in [0.25, 0.3) is 10.4 Å². The van der Waals surface area contributed by atoms with E-state index in [1.165, 1.54) is 24.2 Å². The molecule has 0 spiro atoms. The van der Waals surface area contributed by atoms with Crippen molar-refractivity contribution in [3.8, 4) is 10.4 Å². The lowest BCUT2D eigenvalue weighted by Gasteiger charge is -2.29. The van der Waals surface area contributed by atoms with Crippen molar-refractivity contribution in [2.45, 2.75) is 43.8 Å². The highest BCUT2D eigenvalue weighted by Gasteiger charge is 2.34. The first-order chi connectivity index (χ1) is 11.2. The Morgan fingerprint density at radius 3 is 2.48 bits per heavy atom. The first-order valence-electron chi connectivity index (χ1n) is 8.10. The lowest BCUT2D eigenvalue weighted by atomic mass is 10.00. The van der Waals surface area contributed by atoms with Crippen molar-refractivity contribution in [2.75, 3.05) is 0 Å². The normalized spacial score (nSPS) is 26.2. The second-order valence-corrected chi connectivity index (χ2v) is 7.97. The summed E-state index contributed by atoms with van der Waals surface area (Å²) in [6, 6.07) is 13.1. The van der Waals surface area contributed by atoms with Crippen LogP contribution in [-0.4, -0.2) is 24.0 Å². The molecule has 120 valence electrons. The lowest BCUT2D eigenvalue weighted by Crippen LogP contribution is -2.47. The van der Waals surface area contributed by atoms with Gasteiger partial charge in [-0.3, -0.25) is 4.79 Å². The molecule has 2 atom stereocenters. The highest BCUT2D eigenvalue weighted by atomic mass is 35.5. The van der Waals surface area contributed by atoms with E-state index in [9.17, 15) is 4.79 Å². The number of rotatable bonds is 3. The summed E-state index contributed by atoms with van der Waals surface area (Å²) >= 11 is 7.46. The lowest BCUT2D eigenvalue weighted by molar-refractivity contribution is 0.0928. The summed E-state index contributed by atoms with van der Waals surface area (Å²) in [5, 5.41) is 7.55. The number of hydrogen-bond acceptors (Lipinski definition) is 3. The van der Waals surface area contributed by atoms with Gasteiger partial charge in [-0.1, -0.05) is 23.7 Å². The van der Waals surface area contributed by atoms with Crippen molar-refractivity contribution in [1.82, 2.24) is 10.6 Å². The van der Waals surface area contributed by atoms with Crippen molar-refractivity contribution in [1.29, 1.82) is 0 Å². The van der Waals surface area contributed by atoms with Crippen molar-refractivity contribution in [3.05, 3.63) is 46.3 Å². The van der Waals surface area contributed by atoms with Crippen LogP contribution in [0.1, 0.15) is 35.4 Å². The SMILES string of the molecule is O=C(NC1CC2CCC(C1)N2)c1ccc(-c2ccc(Cl)cc2)s1. The first kappa shape index (κ1) is 15.2. The third-order valence-electron chi connectivity index (χ3n) is 4.77. The third kappa shape index (κ3) is 3.30. The molecule has 4 rings (SSSR count). The number of carbonyl (C=O) groups is 1. The maximum Gasteiger partial charge on any atom is 0.261 e. The van der Waals surface area contributed by atoms with Crippen LogP contribution >= 0.6 is 22.9 Å². The van der Waals surface area contributed by atoms with Crippen molar-refractivity contribution in [3.63, 3.8) is 0 Å². The van der Waals surface area contributed by atoms with Crippen molar-refractivity contribution < 1.29 is 4.79 Å². The van der Waals surface area contributed by atoms with Gasteiger partial charge in [-0.2, -0.15) is 0 Å². The third-order valence-corrected chi connectivity index (χ3v) is 6.15. The van der Waals surface area contributed by atoms with E-state index in [2.05, 4.69) is 10.6 Å². The number of nitrogens with one attached hydrogen (secondary N) is 2. The van der Waals surface area contributed by atoms with Gasteiger partial charge in [-0.25, -0.2) is 0 Å². The second kappa shape index (κ2) is 6.27. The predicted molar refractivity (Wildman–Crippen MR) is 95.2 cm³/mol. The van der Waals surface area contributed by atoms with Gasteiger partial charge in [0.1, 0.15) is 0 Å². The summed E-state index contributed by atoms with van der Waals surface area (Å²) < 4.78 is 0. The Hall–Kier alpha value is -1.36. The van der Waals surface area contributed by atoms with Crippen molar-refractivity contribution in [2.24, 2.45) is 0 Å². The van der Waals surface area contributed by atoms with Crippen molar-refractivity contribution >= 4 is 28.8 Å². The minimum absolute atomic E-state index is 0.0570. The number of carbonyl (C=O) groups excluding carboxylic acids is 1. The molecule has 1 aromatic heterocycles. The molecule has 0 aliphatic carbocycles. The average Bonchev–Trinajstić information content (AvgIpc) is 3.15. The molecular formula is C18H19ClN2OS. The van der Waals surface area contributed by atoms with Gasteiger partial charge in [0.15, 0.2) is 0 Å². The minimum atomic E-state index is 0.0570. The van der Waals surface area contributed by atoms with Crippen LogP contribution in [0, 0.1) is 0 Å². The van der Waals surface area contributed by atoms with Crippen LogP contribution in [0.5, 0.6) is 0 Å². The van der Waals surface area contributed by atoms with Crippen LogP contribution in [0.2, 0.25) is 5.02 Å². The molecule has 1 amide bonds. The van der Waals surface area contributed by atoms with Crippen LogP contribution in [0.4, 0.5) is 0 Å². The van der Waals surface area contributed by atoms with Gasteiger partial charge >= 0.3 is 0 Å². The molecule has 0 saturated carbocycles. The molecule has 0 radical (unpaired) electrons. The van der Waals surface area contributed by atoms with E-state index in [0.29, 0.717) is 18.1 Å². The molecule has 2 aliphatic heterocycles. The number of fused-ring (bicyclic) bond motifs is 2. The van der Waals surface area contributed by atoms with Gasteiger partial charge < -0.3 is 10.6 Å². The van der Waals surface area contributed by atoms with E-state index in [0.717, 1.165) is 33.2 Å².